The summed E-state index contributed by atoms with van der Waals surface area (Å²) in [5.74, 6) is 0.805. The molecule has 1 aliphatic rings. The fraction of sp³-hybridized carbons (Fsp3) is 0.600. The van der Waals surface area contributed by atoms with Crippen LogP contribution in [0.4, 0.5) is 0 Å². The van der Waals surface area contributed by atoms with Gasteiger partial charge < -0.3 is 0 Å². The maximum atomic E-state index is 2.29. The van der Waals surface area contributed by atoms with Crippen molar-refractivity contribution in [2.45, 2.75) is 52.4 Å². The van der Waals surface area contributed by atoms with Gasteiger partial charge in [-0.1, -0.05) is 56.1 Å². The van der Waals surface area contributed by atoms with E-state index in [2.05, 4.69) is 44.2 Å². The highest BCUT2D eigenvalue weighted by Crippen LogP contribution is 2.29. The van der Waals surface area contributed by atoms with E-state index in [0.29, 0.717) is 0 Å². The molecule has 0 heterocycles. The molecule has 0 bridgehead atoms. The average Bonchev–Trinajstić information content (AvgIpc) is 2.52. The van der Waals surface area contributed by atoms with Crippen molar-refractivity contribution in [3.05, 3.63) is 36.0 Å². The van der Waals surface area contributed by atoms with Crippen LogP contribution in [0.5, 0.6) is 0 Å². The molecule has 0 heteroatoms. The SMILES string of the molecule is C\C=C/C(=C\C=C\C)C1CCCCCC1. The molecule has 0 spiro atoms. The van der Waals surface area contributed by atoms with Crippen molar-refractivity contribution in [2.75, 3.05) is 0 Å². The molecule has 15 heavy (non-hydrogen) atoms. The van der Waals surface area contributed by atoms with Gasteiger partial charge in [0, 0.05) is 0 Å². The van der Waals surface area contributed by atoms with Gasteiger partial charge >= 0.3 is 0 Å². The molecule has 84 valence electrons. The van der Waals surface area contributed by atoms with Gasteiger partial charge in [0.1, 0.15) is 0 Å². The summed E-state index contributed by atoms with van der Waals surface area (Å²) in [6.07, 6.45) is 19.5. The third-order valence-electron chi connectivity index (χ3n) is 3.17. The van der Waals surface area contributed by atoms with Crippen molar-refractivity contribution < 1.29 is 0 Å². The van der Waals surface area contributed by atoms with Crippen molar-refractivity contribution in [3.8, 4) is 0 Å². The van der Waals surface area contributed by atoms with E-state index in [9.17, 15) is 0 Å². The van der Waals surface area contributed by atoms with E-state index in [-0.39, 0.29) is 0 Å². The summed E-state index contributed by atoms with van der Waals surface area (Å²) in [5, 5.41) is 0. The van der Waals surface area contributed by atoms with Gasteiger partial charge in [0.05, 0.1) is 0 Å². The van der Waals surface area contributed by atoms with E-state index in [1.54, 1.807) is 0 Å². The second kappa shape index (κ2) is 7.50. The van der Waals surface area contributed by atoms with Gasteiger partial charge in [-0.3, -0.25) is 0 Å². The van der Waals surface area contributed by atoms with Crippen LogP contribution in [0.3, 0.4) is 0 Å². The van der Waals surface area contributed by atoms with Crippen LogP contribution >= 0.6 is 0 Å². The molecule has 0 aromatic rings. The third-order valence-corrected chi connectivity index (χ3v) is 3.17. The normalized spacial score (nSPS) is 21.3. The minimum atomic E-state index is 0.805. The van der Waals surface area contributed by atoms with Crippen molar-refractivity contribution in [1.29, 1.82) is 0 Å². The summed E-state index contributed by atoms with van der Waals surface area (Å²) in [6.45, 7) is 4.19. The molecule has 0 saturated heterocycles. The van der Waals surface area contributed by atoms with E-state index in [1.807, 2.05) is 0 Å². The van der Waals surface area contributed by atoms with Gasteiger partial charge in [0.2, 0.25) is 0 Å². The van der Waals surface area contributed by atoms with Crippen LogP contribution in [0.15, 0.2) is 36.0 Å². The summed E-state index contributed by atoms with van der Waals surface area (Å²) in [6, 6.07) is 0. The highest BCUT2D eigenvalue weighted by atomic mass is 14.2. The second-order valence-electron chi connectivity index (χ2n) is 4.38. The highest BCUT2D eigenvalue weighted by molar-refractivity contribution is 5.26. The summed E-state index contributed by atoms with van der Waals surface area (Å²) >= 11 is 0. The van der Waals surface area contributed by atoms with Crippen LogP contribution in [0, 0.1) is 5.92 Å². The Balaban J connectivity index is 2.68. The molecule has 0 N–H and O–H groups in total. The molecule has 1 rings (SSSR count). The number of allylic oxidation sites excluding steroid dienone is 6. The molecule has 0 unspecified atom stereocenters. The Morgan fingerprint density at radius 1 is 0.933 bits per heavy atom. The molecule has 0 nitrogen and oxygen atoms in total. The quantitative estimate of drug-likeness (QED) is 0.446. The van der Waals surface area contributed by atoms with Crippen molar-refractivity contribution in [1.82, 2.24) is 0 Å². The molecule has 0 aromatic carbocycles. The molecule has 0 aliphatic heterocycles. The Morgan fingerprint density at radius 2 is 1.60 bits per heavy atom. The van der Waals surface area contributed by atoms with Crippen LogP contribution in [0.1, 0.15) is 52.4 Å². The van der Waals surface area contributed by atoms with Crippen LogP contribution in [-0.4, -0.2) is 0 Å². The summed E-state index contributed by atoms with van der Waals surface area (Å²) in [4.78, 5) is 0. The Hall–Kier alpha value is -0.780. The number of hydrogen-bond donors (Lipinski definition) is 0. The smallest absolute Gasteiger partial charge is 0.0162 e. The maximum absolute atomic E-state index is 2.29. The molecular formula is C15H24. The first-order chi connectivity index (χ1) is 7.38. The van der Waals surface area contributed by atoms with Gasteiger partial charge in [-0.2, -0.15) is 0 Å². The summed E-state index contributed by atoms with van der Waals surface area (Å²) < 4.78 is 0. The van der Waals surface area contributed by atoms with Gasteiger partial charge in [0.25, 0.3) is 0 Å². The monoisotopic (exact) mass is 204 g/mol. The molecule has 0 amide bonds. The third kappa shape index (κ3) is 4.51. The highest BCUT2D eigenvalue weighted by Gasteiger charge is 2.14. The van der Waals surface area contributed by atoms with Gasteiger partial charge in [-0.15, -0.1) is 0 Å². The topological polar surface area (TPSA) is 0 Å². The number of rotatable bonds is 3. The zero-order valence-corrected chi connectivity index (χ0v) is 10.2. The Labute approximate surface area is 94.8 Å². The van der Waals surface area contributed by atoms with Gasteiger partial charge in [-0.25, -0.2) is 0 Å². The van der Waals surface area contributed by atoms with Crippen LogP contribution < -0.4 is 0 Å². The average molecular weight is 204 g/mol. The van der Waals surface area contributed by atoms with E-state index < -0.39 is 0 Å². The largest absolute Gasteiger partial charge is 0.0877 e. The molecular weight excluding hydrogens is 180 g/mol. The Kier molecular flexibility index (Phi) is 6.15. The standard InChI is InChI=1S/C15H24/c1-3-5-11-14(10-4-2)15-12-8-6-7-9-13-15/h3-5,10-11,15H,6-9,12-13H2,1-2H3/b5-3+,10-4-,14-11+. The van der Waals surface area contributed by atoms with Crippen molar-refractivity contribution >= 4 is 0 Å². The first-order valence-corrected chi connectivity index (χ1v) is 6.34. The molecule has 1 fully saturated rings. The predicted molar refractivity (Wildman–Crippen MR) is 68.9 cm³/mol. The van der Waals surface area contributed by atoms with Crippen LogP contribution in [0.25, 0.3) is 0 Å². The molecule has 0 radical (unpaired) electrons. The fourth-order valence-electron chi connectivity index (χ4n) is 2.34. The van der Waals surface area contributed by atoms with E-state index in [4.69, 9.17) is 0 Å². The molecule has 0 aromatic heterocycles. The Morgan fingerprint density at radius 3 is 2.13 bits per heavy atom. The van der Waals surface area contributed by atoms with Crippen molar-refractivity contribution in [2.24, 2.45) is 5.92 Å². The zero-order valence-electron chi connectivity index (χ0n) is 10.2. The molecule has 1 aliphatic carbocycles. The lowest BCUT2D eigenvalue weighted by molar-refractivity contribution is 0.540. The maximum Gasteiger partial charge on any atom is -0.0162 e. The summed E-state index contributed by atoms with van der Waals surface area (Å²) in [7, 11) is 0. The predicted octanol–water partition coefficient (Wildman–Crippen LogP) is 5.04. The lowest BCUT2D eigenvalue weighted by atomic mass is 9.91. The van der Waals surface area contributed by atoms with E-state index in [0.717, 1.165) is 5.92 Å². The lowest BCUT2D eigenvalue weighted by Gasteiger charge is -2.15. The fourth-order valence-corrected chi connectivity index (χ4v) is 2.34. The van der Waals surface area contributed by atoms with E-state index in [1.165, 1.54) is 44.1 Å². The first kappa shape index (κ1) is 12.3. The first-order valence-electron chi connectivity index (χ1n) is 6.34. The molecule has 0 atom stereocenters. The lowest BCUT2D eigenvalue weighted by Crippen LogP contribution is -2.00. The van der Waals surface area contributed by atoms with Gasteiger partial charge in [0.15, 0.2) is 0 Å². The molecule has 1 saturated carbocycles. The van der Waals surface area contributed by atoms with E-state index >= 15 is 0 Å². The summed E-state index contributed by atoms with van der Waals surface area (Å²) in [5.41, 5.74) is 1.53. The Bertz CT molecular complexity index is 235. The van der Waals surface area contributed by atoms with Crippen LogP contribution in [0.2, 0.25) is 0 Å². The van der Waals surface area contributed by atoms with Gasteiger partial charge in [-0.05, 0) is 38.2 Å². The minimum absolute atomic E-state index is 0.805. The zero-order chi connectivity index (χ0) is 10.9. The minimum Gasteiger partial charge on any atom is -0.0877 e. The van der Waals surface area contributed by atoms with Crippen molar-refractivity contribution in [3.63, 3.8) is 0 Å². The second-order valence-corrected chi connectivity index (χ2v) is 4.38. The van der Waals surface area contributed by atoms with Crippen LogP contribution in [-0.2, 0) is 0 Å². The number of hydrogen-bond acceptors (Lipinski definition) is 0.